The first-order valence-corrected chi connectivity index (χ1v) is 14.1. The van der Waals surface area contributed by atoms with Crippen molar-refractivity contribution in [3.8, 4) is 0 Å². The number of piperazine rings is 1. The van der Waals surface area contributed by atoms with E-state index in [0.29, 0.717) is 24.7 Å². The minimum absolute atomic E-state index is 0.0405. The molecule has 1 aliphatic rings. The minimum Gasteiger partial charge on any atom is -0.444 e. The highest BCUT2D eigenvalue weighted by molar-refractivity contribution is 5.97. The predicted octanol–water partition coefficient (Wildman–Crippen LogP) is 5.29. The summed E-state index contributed by atoms with van der Waals surface area (Å²) in [6.45, 7) is 13.7. The summed E-state index contributed by atoms with van der Waals surface area (Å²) in [4.78, 5) is 40.3. The number of nitrogens with one attached hydrogen (secondary N) is 1. The third-order valence-corrected chi connectivity index (χ3v) is 7.15. The van der Waals surface area contributed by atoms with E-state index in [1.807, 2.05) is 39.0 Å². The van der Waals surface area contributed by atoms with Gasteiger partial charge in [0.2, 0.25) is 5.95 Å². The first kappa shape index (κ1) is 29.3. The molecule has 0 saturated carbocycles. The molecule has 4 rings (SSSR count). The van der Waals surface area contributed by atoms with Crippen LogP contribution in [-0.2, 0) is 11.3 Å². The summed E-state index contributed by atoms with van der Waals surface area (Å²) in [5, 5.41) is 4.18. The molecule has 3 aromatic rings. The van der Waals surface area contributed by atoms with Gasteiger partial charge in [0.1, 0.15) is 16.9 Å². The van der Waals surface area contributed by atoms with E-state index >= 15 is 0 Å². The van der Waals surface area contributed by atoms with Crippen LogP contribution in [0.15, 0.2) is 36.5 Å². The molecule has 3 heterocycles. The molecule has 10 heteroatoms. The zero-order valence-electron chi connectivity index (χ0n) is 24.9. The number of ether oxygens (including phenoxy) is 1. The van der Waals surface area contributed by atoms with Crippen molar-refractivity contribution in [2.45, 2.75) is 65.6 Å². The lowest BCUT2D eigenvalue weighted by Gasteiger charge is -2.35. The molecular weight excluding hydrogens is 506 g/mol. The molecule has 0 atom stereocenters. The molecule has 0 bridgehead atoms. The molecule has 2 amide bonds. The molecule has 1 aliphatic heterocycles. The van der Waals surface area contributed by atoms with Gasteiger partial charge in [-0.1, -0.05) is 26.0 Å². The lowest BCUT2D eigenvalue weighted by Crippen LogP contribution is -2.49. The van der Waals surface area contributed by atoms with Crippen LogP contribution < -0.4 is 5.32 Å². The fourth-order valence-corrected chi connectivity index (χ4v) is 4.98. The first-order valence-electron chi connectivity index (χ1n) is 14.1. The predicted molar refractivity (Wildman–Crippen MR) is 158 cm³/mol. The average molecular weight is 550 g/mol. The Hall–Kier alpha value is -3.66. The Morgan fingerprint density at radius 3 is 2.27 bits per heavy atom. The lowest BCUT2D eigenvalue weighted by atomic mass is 10.1. The van der Waals surface area contributed by atoms with Crippen LogP contribution in [0.2, 0.25) is 0 Å². The topological polar surface area (TPSA) is 95.8 Å². The largest absolute Gasteiger partial charge is 0.444 e. The monoisotopic (exact) mass is 549 g/mol. The lowest BCUT2D eigenvalue weighted by molar-refractivity contribution is 0.0139. The Kier molecular flexibility index (Phi) is 8.98. The summed E-state index contributed by atoms with van der Waals surface area (Å²) in [5.74, 6) is 0.453. The summed E-state index contributed by atoms with van der Waals surface area (Å²) in [6.07, 6.45) is 3.34. The van der Waals surface area contributed by atoms with Gasteiger partial charge in [0.05, 0.1) is 0 Å². The van der Waals surface area contributed by atoms with Gasteiger partial charge in [-0.25, -0.2) is 9.78 Å². The van der Waals surface area contributed by atoms with Gasteiger partial charge in [0.15, 0.2) is 0 Å². The van der Waals surface area contributed by atoms with Crippen LogP contribution in [0.5, 0.6) is 0 Å². The number of amides is 2. The van der Waals surface area contributed by atoms with Gasteiger partial charge in [-0.15, -0.1) is 0 Å². The highest BCUT2D eigenvalue weighted by Crippen LogP contribution is 2.28. The summed E-state index contributed by atoms with van der Waals surface area (Å²) >= 11 is 0. The summed E-state index contributed by atoms with van der Waals surface area (Å²) in [7, 11) is 3.53. The van der Waals surface area contributed by atoms with Crippen molar-refractivity contribution in [2.75, 3.05) is 45.6 Å². The van der Waals surface area contributed by atoms with Crippen LogP contribution >= 0.6 is 0 Å². The molecule has 0 aliphatic carbocycles. The van der Waals surface area contributed by atoms with E-state index in [1.165, 1.54) is 5.56 Å². The van der Waals surface area contributed by atoms with Crippen molar-refractivity contribution < 1.29 is 14.3 Å². The highest BCUT2D eigenvalue weighted by atomic mass is 16.6. The zero-order valence-corrected chi connectivity index (χ0v) is 24.9. The fraction of sp³-hybridized carbons (Fsp3) is 0.533. The molecule has 1 N–H and O–H groups in total. The molecule has 1 aromatic carbocycles. The molecule has 0 unspecified atom stereocenters. The molecule has 0 spiro atoms. The fourth-order valence-electron chi connectivity index (χ4n) is 4.98. The van der Waals surface area contributed by atoms with Crippen LogP contribution in [0.4, 0.5) is 16.4 Å². The van der Waals surface area contributed by atoms with Crippen molar-refractivity contribution in [1.29, 1.82) is 0 Å². The number of fused-ring (bicyclic) bond motifs is 1. The van der Waals surface area contributed by atoms with Gasteiger partial charge < -0.3 is 24.4 Å². The Morgan fingerprint density at radius 1 is 1.05 bits per heavy atom. The summed E-state index contributed by atoms with van der Waals surface area (Å²) < 4.78 is 7.57. The second-order valence-corrected chi connectivity index (χ2v) is 11.6. The van der Waals surface area contributed by atoms with E-state index in [-0.39, 0.29) is 18.0 Å². The maximum atomic E-state index is 12.9. The van der Waals surface area contributed by atoms with E-state index in [2.05, 4.69) is 45.7 Å². The van der Waals surface area contributed by atoms with Crippen LogP contribution in [0.3, 0.4) is 0 Å². The maximum Gasteiger partial charge on any atom is 0.410 e. The smallest absolute Gasteiger partial charge is 0.410 e. The van der Waals surface area contributed by atoms with Crippen molar-refractivity contribution in [3.63, 3.8) is 0 Å². The van der Waals surface area contributed by atoms with Gasteiger partial charge in [0, 0.05) is 70.1 Å². The summed E-state index contributed by atoms with van der Waals surface area (Å²) in [5.41, 5.74) is 3.01. The molecule has 40 heavy (non-hydrogen) atoms. The Balaban J connectivity index is 1.42. The van der Waals surface area contributed by atoms with Crippen LogP contribution in [0.25, 0.3) is 11.0 Å². The Morgan fingerprint density at radius 2 is 1.70 bits per heavy atom. The van der Waals surface area contributed by atoms with E-state index in [4.69, 9.17) is 9.72 Å². The first-order chi connectivity index (χ1) is 19.0. The third-order valence-electron chi connectivity index (χ3n) is 7.15. The van der Waals surface area contributed by atoms with E-state index < -0.39 is 5.60 Å². The van der Waals surface area contributed by atoms with Crippen molar-refractivity contribution >= 4 is 34.7 Å². The molecule has 10 nitrogen and oxygen atoms in total. The Bertz CT molecular complexity index is 1320. The maximum absolute atomic E-state index is 12.9. The number of aromatic nitrogens is 3. The highest BCUT2D eigenvalue weighted by Gasteiger charge is 2.26. The van der Waals surface area contributed by atoms with Crippen LogP contribution in [0.1, 0.15) is 69.6 Å². The molecule has 2 aromatic heterocycles. The molecule has 1 saturated heterocycles. The number of carbonyl (C=O) groups excluding carboxylic acids is 2. The van der Waals surface area contributed by atoms with E-state index in [0.717, 1.165) is 49.2 Å². The number of hydrogen-bond donors (Lipinski definition) is 1. The molecule has 0 radical (unpaired) electrons. The number of hydrogen-bond acceptors (Lipinski definition) is 7. The number of carbonyl (C=O) groups is 2. The van der Waals surface area contributed by atoms with Crippen LogP contribution in [-0.4, -0.2) is 87.1 Å². The van der Waals surface area contributed by atoms with Gasteiger partial charge >= 0.3 is 6.09 Å². The molecule has 216 valence electrons. The number of anilines is 2. The van der Waals surface area contributed by atoms with Gasteiger partial charge in [-0.2, -0.15) is 4.98 Å². The number of rotatable bonds is 8. The number of nitrogens with zero attached hydrogens (tertiary/aromatic N) is 6. The quantitative estimate of drug-likeness (QED) is 0.408. The summed E-state index contributed by atoms with van der Waals surface area (Å²) in [6, 6.07) is 10.3. The van der Waals surface area contributed by atoms with Crippen molar-refractivity contribution in [2.24, 2.45) is 0 Å². The van der Waals surface area contributed by atoms with Gasteiger partial charge in [-0.05, 0) is 57.4 Å². The molecular formula is C30H43N7O3. The third kappa shape index (κ3) is 6.91. The van der Waals surface area contributed by atoms with Crippen LogP contribution in [0, 0.1) is 0 Å². The van der Waals surface area contributed by atoms with Gasteiger partial charge in [-0.3, -0.25) is 9.69 Å². The van der Waals surface area contributed by atoms with Gasteiger partial charge in [0.25, 0.3) is 5.91 Å². The second kappa shape index (κ2) is 12.2. The second-order valence-electron chi connectivity index (χ2n) is 11.6. The normalized spacial score (nSPS) is 14.6. The Labute approximate surface area is 237 Å². The zero-order chi connectivity index (χ0) is 29.0. The standard InChI is InChI=1S/C30H43N7O3/c1-8-24(9-2)37-25(27(38)34(6)7)18-22-19-31-28(33-26(22)37)32-23-12-10-21(11-13-23)20-35-14-16-36(17-15-35)29(39)40-30(3,4)5/h10-13,18-19,24H,8-9,14-17,20H2,1-7H3,(H,31,32,33). The van der Waals surface area contributed by atoms with E-state index in [9.17, 15) is 9.59 Å². The van der Waals surface area contributed by atoms with Crippen molar-refractivity contribution in [3.05, 3.63) is 47.8 Å². The van der Waals surface area contributed by atoms with E-state index in [1.54, 1.807) is 30.1 Å². The molecule has 1 fully saturated rings. The SMILES string of the molecule is CCC(CC)n1c(C(=O)N(C)C)cc2cnc(Nc3ccc(CN4CCN(C(=O)OC(C)(C)C)CC4)cc3)nc21. The minimum atomic E-state index is -0.480. The number of benzene rings is 1. The van der Waals surface area contributed by atoms with Crippen molar-refractivity contribution in [1.82, 2.24) is 29.2 Å². The average Bonchev–Trinajstić information content (AvgIpc) is 3.28.